The van der Waals surface area contributed by atoms with Crippen LogP contribution in [-0.4, -0.2) is 24.7 Å². The smallest absolute Gasteiger partial charge is 0.197 e. The van der Waals surface area contributed by atoms with Crippen molar-refractivity contribution in [3.63, 3.8) is 0 Å². The fraction of sp³-hybridized carbons (Fsp3) is 0.538. The molecule has 0 radical (unpaired) electrons. The summed E-state index contributed by atoms with van der Waals surface area (Å²) in [5, 5.41) is 11.1. The van der Waals surface area contributed by atoms with E-state index in [4.69, 9.17) is 0 Å². The van der Waals surface area contributed by atoms with Crippen LogP contribution >= 0.6 is 0 Å². The molecule has 1 atom stereocenters. The average molecular weight is 300 g/mol. The second-order valence-corrected chi connectivity index (χ2v) is 6.17. The second kappa shape index (κ2) is 7.35. The lowest BCUT2D eigenvalue weighted by Crippen LogP contribution is -2.49. The van der Waals surface area contributed by atoms with Crippen LogP contribution in [0.3, 0.4) is 0 Å². The summed E-state index contributed by atoms with van der Waals surface area (Å²) in [6.07, 6.45) is 5.42. The minimum absolute atomic E-state index is 0.123. The van der Waals surface area contributed by atoms with Gasteiger partial charge in [0.1, 0.15) is 5.97 Å². The molecule has 6 nitrogen and oxygen atoms in total. The minimum atomic E-state index is -4.24. The van der Waals surface area contributed by atoms with Crippen molar-refractivity contribution in [1.82, 2.24) is 0 Å². The molecule has 0 aliphatic rings. The molecule has 20 heavy (non-hydrogen) atoms. The normalized spacial score (nSPS) is 13.1. The highest BCUT2D eigenvalue weighted by molar-refractivity contribution is 7.85. The number of unbranched alkanes of at least 4 members (excludes halogenated alkanes) is 1. The van der Waals surface area contributed by atoms with Gasteiger partial charge in [0.2, 0.25) is 0 Å². The van der Waals surface area contributed by atoms with Crippen LogP contribution in [0.4, 0.5) is 0 Å². The Kier molecular flexibility index (Phi) is 6.09. The van der Waals surface area contributed by atoms with E-state index in [1.807, 2.05) is 6.92 Å². The lowest BCUT2D eigenvalue weighted by Gasteiger charge is -2.13. The van der Waals surface area contributed by atoms with Crippen LogP contribution in [0.5, 0.6) is 0 Å². The number of aromatic nitrogens is 1. The molecule has 0 aromatic carbocycles. The van der Waals surface area contributed by atoms with Crippen molar-refractivity contribution in [2.45, 2.75) is 38.6 Å². The molecule has 1 rings (SSSR count). The van der Waals surface area contributed by atoms with E-state index in [9.17, 15) is 22.9 Å². The summed E-state index contributed by atoms with van der Waals surface area (Å²) in [6.45, 7) is 1.98. The van der Waals surface area contributed by atoms with Gasteiger partial charge >= 0.3 is 0 Å². The first-order valence-corrected chi connectivity index (χ1v) is 8.05. The molecule has 112 valence electrons. The zero-order chi connectivity index (χ0) is 15.2. The predicted octanol–water partition coefficient (Wildman–Crippen LogP) is -0.457. The Hall–Kier alpha value is -1.47. The van der Waals surface area contributed by atoms with Gasteiger partial charge < -0.3 is 14.5 Å². The van der Waals surface area contributed by atoms with Crippen molar-refractivity contribution in [2.75, 3.05) is 5.75 Å². The number of aliphatic carboxylic acids is 1. The molecule has 1 aromatic rings. The molecule has 0 spiro atoms. The Morgan fingerprint density at radius 3 is 2.40 bits per heavy atom. The maximum atomic E-state index is 11.1. The van der Waals surface area contributed by atoms with E-state index in [2.05, 4.69) is 0 Å². The van der Waals surface area contributed by atoms with E-state index in [0.29, 0.717) is 12.0 Å². The number of hydrogen-bond acceptors (Lipinski definition) is 5. The largest absolute Gasteiger partial charge is 0.748 e. The summed E-state index contributed by atoms with van der Waals surface area (Å²) in [4.78, 5) is 11.1. The Morgan fingerprint density at radius 1 is 1.35 bits per heavy atom. The highest BCUT2D eigenvalue weighted by atomic mass is 32.2. The maximum Gasteiger partial charge on any atom is 0.197 e. The summed E-state index contributed by atoms with van der Waals surface area (Å²) in [7, 11) is -4.24. The number of hydrogen-bond donors (Lipinski definition) is 0. The monoisotopic (exact) mass is 300 g/mol. The van der Waals surface area contributed by atoms with E-state index in [0.717, 1.165) is 12.8 Å². The molecule has 0 saturated heterocycles. The summed E-state index contributed by atoms with van der Waals surface area (Å²) in [6, 6.07) is 2.51. The third-order valence-electron chi connectivity index (χ3n) is 3.03. The van der Waals surface area contributed by atoms with Gasteiger partial charge in [-0.2, -0.15) is 4.57 Å². The number of carboxylic acid groups (broad SMARTS) is 1. The molecule has 7 heteroatoms. The van der Waals surface area contributed by atoms with Crippen molar-refractivity contribution in [3.8, 4) is 0 Å². The zero-order valence-corrected chi connectivity index (χ0v) is 12.1. The summed E-state index contributed by atoms with van der Waals surface area (Å²) < 4.78 is 33.1. The molecule has 0 N–H and O–H groups in total. The summed E-state index contributed by atoms with van der Waals surface area (Å²) in [5.41, 5.74) is 0.674. The number of aryl methyl sites for hydroxylation is 1. The van der Waals surface area contributed by atoms with Crippen LogP contribution in [0.15, 0.2) is 24.5 Å². The van der Waals surface area contributed by atoms with Gasteiger partial charge in [-0.05, 0) is 18.4 Å². The molecular weight excluding hydrogens is 282 g/mol. The Balaban J connectivity index is 2.75. The quantitative estimate of drug-likeness (QED) is 0.478. The maximum absolute atomic E-state index is 11.1. The molecule has 0 bridgehead atoms. The van der Waals surface area contributed by atoms with Gasteiger partial charge in [-0.1, -0.05) is 13.3 Å². The lowest BCUT2D eigenvalue weighted by atomic mass is 10.1. The molecule has 0 unspecified atom stereocenters. The highest BCUT2D eigenvalue weighted by Gasteiger charge is 2.18. The molecule has 1 aromatic heterocycles. The molecule has 0 aliphatic carbocycles. The number of carbonyl (C=O) groups is 1. The van der Waals surface area contributed by atoms with Crippen molar-refractivity contribution < 1.29 is 27.4 Å². The van der Waals surface area contributed by atoms with Gasteiger partial charge in [0.15, 0.2) is 18.4 Å². The zero-order valence-electron chi connectivity index (χ0n) is 11.3. The fourth-order valence-corrected chi connectivity index (χ4v) is 2.36. The molecule has 0 saturated carbocycles. The van der Waals surface area contributed by atoms with E-state index < -0.39 is 27.9 Å². The predicted molar refractivity (Wildman–Crippen MR) is 68.5 cm³/mol. The molecule has 0 amide bonds. The van der Waals surface area contributed by atoms with E-state index >= 15 is 0 Å². The van der Waals surface area contributed by atoms with Gasteiger partial charge in [-0.15, -0.1) is 0 Å². The minimum Gasteiger partial charge on any atom is -0.748 e. The van der Waals surface area contributed by atoms with Crippen molar-refractivity contribution in [3.05, 3.63) is 30.1 Å². The van der Waals surface area contributed by atoms with Crippen LogP contribution < -0.4 is 9.67 Å². The number of rotatable bonds is 8. The van der Waals surface area contributed by atoms with Crippen molar-refractivity contribution >= 4 is 16.1 Å². The fourth-order valence-electron chi connectivity index (χ4n) is 1.87. The summed E-state index contributed by atoms with van der Waals surface area (Å²) >= 11 is 0. The van der Waals surface area contributed by atoms with E-state index in [-0.39, 0.29) is 6.42 Å². The molecule has 0 aliphatic heterocycles. The van der Waals surface area contributed by atoms with Crippen LogP contribution in [0, 0.1) is 0 Å². The van der Waals surface area contributed by atoms with Crippen LogP contribution in [-0.2, 0) is 21.3 Å². The third-order valence-corrected chi connectivity index (χ3v) is 3.73. The van der Waals surface area contributed by atoms with Gasteiger partial charge in [-0.25, -0.2) is 8.42 Å². The first-order chi connectivity index (χ1) is 9.33. The Labute approximate surface area is 118 Å². The van der Waals surface area contributed by atoms with Crippen LogP contribution in [0.2, 0.25) is 0 Å². The standard InChI is InChI=1S/C13H19NO5S/c1-2-3-4-12(13(15)16)14-8-5-11(6-9-14)7-10-20(17,18)19/h5-6,8-9,12H,2-4,7,10H2,1H3,(H-,15,16,17,18,19)/p-1/t12-/m0/s1. The van der Waals surface area contributed by atoms with Crippen molar-refractivity contribution in [1.29, 1.82) is 0 Å². The lowest BCUT2D eigenvalue weighted by molar-refractivity contribution is -0.716. The number of carboxylic acids is 1. The number of carbonyl (C=O) groups excluding carboxylic acids is 1. The average Bonchev–Trinajstić information content (AvgIpc) is 2.37. The van der Waals surface area contributed by atoms with Crippen molar-refractivity contribution in [2.24, 2.45) is 0 Å². The summed E-state index contributed by atoms with van der Waals surface area (Å²) in [5.74, 6) is -1.60. The van der Waals surface area contributed by atoms with E-state index in [1.54, 1.807) is 24.5 Å². The SMILES string of the molecule is CCCC[C@@H](C(=O)[O-])[n+]1ccc(CCS(=O)(=O)[O-])cc1. The first kappa shape index (κ1) is 16.6. The second-order valence-electron chi connectivity index (χ2n) is 4.64. The highest BCUT2D eigenvalue weighted by Crippen LogP contribution is 2.08. The topological polar surface area (TPSA) is 101 Å². The number of pyridine rings is 1. The Bertz CT molecular complexity index is 538. The van der Waals surface area contributed by atoms with Gasteiger partial charge in [0.25, 0.3) is 0 Å². The van der Waals surface area contributed by atoms with Gasteiger partial charge in [0, 0.05) is 24.3 Å². The molecule has 1 heterocycles. The van der Waals surface area contributed by atoms with E-state index in [1.165, 1.54) is 4.57 Å². The molecule has 0 fully saturated rings. The third kappa shape index (κ3) is 5.66. The van der Waals surface area contributed by atoms with Crippen LogP contribution in [0.25, 0.3) is 0 Å². The van der Waals surface area contributed by atoms with Crippen LogP contribution in [0.1, 0.15) is 37.8 Å². The van der Waals surface area contributed by atoms with Gasteiger partial charge in [-0.3, -0.25) is 0 Å². The first-order valence-electron chi connectivity index (χ1n) is 6.47. The van der Waals surface area contributed by atoms with Gasteiger partial charge in [0.05, 0.1) is 10.1 Å². The number of nitrogens with zero attached hydrogens (tertiary/aromatic N) is 1. The molecular formula is C13H18NO5S-. The Morgan fingerprint density at radius 2 is 1.95 bits per heavy atom.